The van der Waals surface area contributed by atoms with Gasteiger partial charge in [-0.25, -0.2) is 4.39 Å². The van der Waals surface area contributed by atoms with Crippen molar-refractivity contribution in [2.45, 2.75) is 25.8 Å². The van der Waals surface area contributed by atoms with E-state index in [1.54, 1.807) is 0 Å². The van der Waals surface area contributed by atoms with E-state index in [4.69, 9.17) is 10.8 Å². The molecular formula is C12H17FN2O2. The predicted octanol–water partition coefficient (Wildman–Crippen LogP) is 1.30. The van der Waals surface area contributed by atoms with Crippen molar-refractivity contribution < 1.29 is 14.3 Å². The molecule has 0 aliphatic rings. The van der Waals surface area contributed by atoms with Gasteiger partial charge in [-0.2, -0.15) is 0 Å². The van der Waals surface area contributed by atoms with Crippen molar-refractivity contribution in [3.05, 3.63) is 29.6 Å². The smallest absolute Gasteiger partial charge is 0.254 e. The molecule has 0 aromatic heterocycles. The lowest BCUT2D eigenvalue weighted by Crippen LogP contribution is -2.35. The van der Waals surface area contributed by atoms with Crippen LogP contribution in [0.1, 0.15) is 30.1 Å². The summed E-state index contributed by atoms with van der Waals surface area (Å²) in [7, 11) is 0. The quantitative estimate of drug-likeness (QED) is 0.679. The van der Waals surface area contributed by atoms with E-state index in [1.165, 1.54) is 12.1 Å². The Morgan fingerprint density at radius 3 is 2.82 bits per heavy atom. The lowest BCUT2D eigenvalue weighted by atomic mass is 10.1. The Morgan fingerprint density at radius 2 is 2.29 bits per heavy atom. The minimum Gasteiger partial charge on any atom is -0.399 e. The zero-order chi connectivity index (χ0) is 12.8. The number of carbonyl (C=O) groups is 1. The molecule has 0 aliphatic carbocycles. The summed E-state index contributed by atoms with van der Waals surface area (Å²) in [5, 5.41) is 11.5. The van der Waals surface area contributed by atoms with Crippen LogP contribution >= 0.6 is 0 Å². The van der Waals surface area contributed by atoms with E-state index in [-0.39, 0.29) is 23.9 Å². The highest BCUT2D eigenvalue weighted by Gasteiger charge is 2.15. The molecule has 94 valence electrons. The predicted molar refractivity (Wildman–Crippen MR) is 64.1 cm³/mol. The van der Waals surface area contributed by atoms with Gasteiger partial charge in [0.05, 0.1) is 5.56 Å². The molecule has 1 amide bonds. The molecule has 1 unspecified atom stereocenters. The third kappa shape index (κ3) is 3.71. The lowest BCUT2D eigenvalue weighted by molar-refractivity contribution is 0.0925. The minimum absolute atomic E-state index is 0.0109. The van der Waals surface area contributed by atoms with Crippen molar-refractivity contribution in [3.63, 3.8) is 0 Å². The normalized spacial score (nSPS) is 12.2. The largest absolute Gasteiger partial charge is 0.399 e. The van der Waals surface area contributed by atoms with E-state index >= 15 is 0 Å². The second-order valence-corrected chi connectivity index (χ2v) is 3.83. The summed E-state index contributed by atoms with van der Waals surface area (Å²) >= 11 is 0. The summed E-state index contributed by atoms with van der Waals surface area (Å²) in [6.45, 7) is 1.88. The average Bonchev–Trinajstić information content (AvgIpc) is 2.28. The molecule has 0 fully saturated rings. The van der Waals surface area contributed by atoms with Crippen molar-refractivity contribution in [2.75, 3.05) is 12.3 Å². The van der Waals surface area contributed by atoms with Gasteiger partial charge in [-0.3, -0.25) is 4.79 Å². The Balaban J connectivity index is 2.75. The first-order valence-corrected chi connectivity index (χ1v) is 5.55. The Bertz CT molecular complexity index is 396. The van der Waals surface area contributed by atoms with Crippen LogP contribution in [-0.4, -0.2) is 23.7 Å². The molecule has 4 N–H and O–H groups in total. The SMILES string of the molecule is CCC(CCO)NC(=O)c1ccc(N)cc1F. The molecule has 1 aromatic carbocycles. The van der Waals surface area contributed by atoms with Crippen molar-refractivity contribution in [1.29, 1.82) is 0 Å². The molecule has 0 radical (unpaired) electrons. The molecular weight excluding hydrogens is 223 g/mol. The number of nitrogen functional groups attached to an aromatic ring is 1. The van der Waals surface area contributed by atoms with Gasteiger partial charge in [0.1, 0.15) is 5.82 Å². The molecule has 1 rings (SSSR count). The van der Waals surface area contributed by atoms with Gasteiger partial charge in [0, 0.05) is 18.3 Å². The van der Waals surface area contributed by atoms with Gasteiger partial charge in [0.25, 0.3) is 5.91 Å². The standard InChI is InChI=1S/C12H17FN2O2/c1-2-9(5-6-16)15-12(17)10-4-3-8(14)7-11(10)13/h3-4,7,9,16H,2,5-6,14H2,1H3,(H,15,17). The number of anilines is 1. The molecule has 5 heteroatoms. The Hall–Kier alpha value is -1.62. The molecule has 0 aliphatic heterocycles. The maximum absolute atomic E-state index is 13.5. The Kier molecular flexibility index (Phi) is 4.90. The topological polar surface area (TPSA) is 75.3 Å². The lowest BCUT2D eigenvalue weighted by Gasteiger charge is -2.16. The van der Waals surface area contributed by atoms with Crippen molar-refractivity contribution in [3.8, 4) is 0 Å². The molecule has 17 heavy (non-hydrogen) atoms. The molecule has 0 spiro atoms. The summed E-state index contributed by atoms with van der Waals surface area (Å²) in [6, 6.07) is 3.79. The van der Waals surface area contributed by atoms with E-state index in [1.807, 2.05) is 6.92 Å². The molecule has 4 nitrogen and oxygen atoms in total. The number of aliphatic hydroxyl groups excluding tert-OH is 1. The number of aliphatic hydroxyl groups is 1. The first kappa shape index (κ1) is 13.4. The number of nitrogens with two attached hydrogens (primary N) is 1. The van der Waals surface area contributed by atoms with E-state index < -0.39 is 11.7 Å². The van der Waals surface area contributed by atoms with Crippen LogP contribution in [0.15, 0.2) is 18.2 Å². The van der Waals surface area contributed by atoms with Crippen molar-refractivity contribution in [1.82, 2.24) is 5.32 Å². The first-order chi connectivity index (χ1) is 8.08. The van der Waals surface area contributed by atoms with Gasteiger partial charge in [-0.15, -0.1) is 0 Å². The van der Waals surface area contributed by atoms with E-state index in [0.717, 1.165) is 6.07 Å². The molecule has 0 saturated carbocycles. The number of benzene rings is 1. The average molecular weight is 240 g/mol. The highest BCUT2D eigenvalue weighted by atomic mass is 19.1. The number of hydrogen-bond donors (Lipinski definition) is 3. The minimum atomic E-state index is -0.638. The number of rotatable bonds is 5. The number of nitrogens with one attached hydrogen (secondary N) is 1. The zero-order valence-electron chi connectivity index (χ0n) is 9.74. The first-order valence-electron chi connectivity index (χ1n) is 5.55. The third-order valence-electron chi connectivity index (χ3n) is 2.54. The van der Waals surface area contributed by atoms with Gasteiger partial charge in [-0.05, 0) is 31.0 Å². The maximum Gasteiger partial charge on any atom is 0.254 e. The summed E-state index contributed by atoms with van der Waals surface area (Å²) < 4.78 is 13.5. The van der Waals surface area contributed by atoms with Crippen molar-refractivity contribution >= 4 is 11.6 Å². The number of halogens is 1. The van der Waals surface area contributed by atoms with Crippen LogP contribution in [0, 0.1) is 5.82 Å². The summed E-state index contributed by atoms with van der Waals surface area (Å²) in [5.41, 5.74) is 5.65. The fourth-order valence-corrected chi connectivity index (χ4v) is 1.51. The molecule has 0 heterocycles. The van der Waals surface area contributed by atoms with Gasteiger partial charge in [0.15, 0.2) is 0 Å². The van der Waals surface area contributed by atoms with Crippen LogP contribution in [0.4, 0.5) is 10.1 Å². The Labute approximate surface area is 99.6 Å². The summed E-state index contributed by atoms with van der Waals surface area (Å²) in [6.07, 6.45) is 1.14. The second-order valence-electron chi connectivity index (χ2n) is 3.83. The van der Waals surface area contributed by atoms with Crippen LogP contribution in [-0.2, 0) is 0 Å². The number of carbonyl (C=O) groups excluding carboxylic acids is 1. The van der Waals surface area contributed by atoms with Crippen LogP contribution in [0.25, 0.3) is 0 Å². The molecule has 0 bridgehead atoms. The highest BCUT2D eigenvalue weighted by Crippen LogP contribution is 2.12. The van der Waals surface area contributed by atoms with E-state index in [9.17, 15) is 9.18 Å². The van der Waals surface area contributed by atoms with Crippen LogP contribution in [0.2, 0.25) is 0 Å². The van der Waals surface area contributed by atoms with Crippen molar-refractivity contribution in [2.24, 2.45) is 0 Å². The molecule has 1 atom stereocenters. The number of hydrogen-bond acceptors (Lipinski definition) is 3. The Morgan fingerprint density at radius 1 is 1.59 bits per heavy atom. The van der Waals surface area contributed by atoms with Gasteiger partial charge in [-0.1, -0.05) is 6.92 Å². The summed E-state index contributed by atoms with van der Waals surface area (Å²) in [5.74, 6) is -1.12. The van der Waals surface area contributed by atoms with Crippen LogP contribution < -0.4 is 11.1 Å². The van der Waals surface area contributed by atoms with E-state index in [0.29, 0.717) is 12.8 Å². The zero-order valence-corrected chi connectivity index (χ0v) is 9.74. The monoisotopic (exact) mass is 240 g/mol. The fraction of sp³-hybridized carbons (Fsp3) is 0.417. The van der Waals surface area contributed by atoms with Gasteiger partial charge in [0.2, 0.25) is 0 Å². The number of amides is 1. The van der Waals surface area contributed by atoms with Gasteiger partial charge >= 0.3 is 0 Å². The van der Waals surface area contributed by atoms with Gasteiger partial charge < -0.3 is 16.2 Å². The fourth-order valence-electron chi connectivity index (χ4n) is 1.51. The third-order valence-corrected chi connectivity index (χ3v) is 2.54. The maximum atomic E-state index is 13.5. The second kappa shape index (κ2) is 6.20. The molecule has 1 aromatic rings. The van der Waals surface area contributed by atoms with Crippen LogP contribution in [0.3, 0.4) is 0 Å². The van der Waals surface area contributed by atoms with Crippen LogP contribution in [0.5, 0.6) is 0 Å². The van der Waals surface area contributed by atoms with E-state index in [2.05, 4.69) is 5.32 Å². The summed E-state index contributed by atoms with van der Waals surface area (Å²) in [4.78, 5) is 11.7. The highest BCUT2D eigenvalue weighted by molar-refractivity contribution is 5.95. The molecule has 0 saturated heterocycles.